The highest BCUT2D eigenvalue weighted by Crippen LogP contribution is 2.29. The maximum Gasteiger partial charge on any atom is 0.305 e. The quantitative estimate of drug-likeness (QED) is 0.904. The zero-order valence-electron chi connectivity index (χ0n) is 10.1. The first-order valence-electron chi connectivity index (χ1n) is 5.97. The van der Waals surface area contributed by atoms with E-state index >= 15 is 0 Å². The van der Waals surface area contributed by atoms with Gasteiger partial charge >= 0.3 is 5.97 Å². The monoisotopic (exact) mass is 285 g/mol. The largest absolute Gasteiger partial charge is 0.481 e. The molecule has 4 nitrogen and oxygen atoms in total. The summed E-state index contributed by atoms with van der Waals surface area (Å²) in [6, 6.07) is 4.25. The molecule has 1 aliphatic rings. The molecule has 0 spiro atoms. The van der Waals surface area contributed by atoms with Crippen LogP contribution in [0.2, 0.25) is 5.02 Å². The van der Waals surface area contributed by atoms with E-state index in [0.717, 1.165) is 12.8 Å². The molecule has 102 valence electrons. The third-order valence-corrected chi connectivity index (χ3v) is 3.29. The molecule has 1 N–H and O–H groups in total. The van der Waals surface area contributed by atoms with Gasteiger partial charge in [-0.1, -0.05) is 17.7 Å². The standard InChI is InChI=1S/C13H13ClFNO3/c14-10-3-1-2-9(12(10)15)13(19)16(8-4-5-8)7-6-11(17)18/h1-3,8H,4-7H2,(H,17,18). The average Bonchev–Trinajstić information content (AvgIpc) is 3.17. The molecule has 1 aliphatic carbocycles. The number of carboxylic acid groups (broad SMARTS) is 1. The Morgan fingerprint density at radius 2 is 2.11 bits per heavy atom. The number of carbonyl (C=O) groups excluding carboxylic acids is 1. The molecule has 1 aromatic carbocycles. The van der Waals surface area contributed by atoms with E-state index in [1.54, 1.807) is 0 Å². The van der Waals surface area contributed by atoms with Crippen molar-refractivity contribution in [2.24, 2.45) is 0 Å². The Bertz CT molecular complexity index is 517. The molecule has 6 heteroatoms. The predicted molar refractivity (Wildman–Crippen MR) is 67.7 cm³/mol. The second-order valence-corrected chi connectivity index (χ2v) is 4.88. The average molecular weight is 286 g/mol. The Hall–Kier alpha value is -1.62. The van der Waals surface area contributed by atoms with Gasteiger partial charge in [0.1, 0.15) is 0 Å². The van der Waals surface area contributed by atoms with E-state index in [9.17, 15) is 14.0 Å². The number of hydrogen-bond donors (Lipinski definition) is 1. The third-order valence-electron chi connectivity index (χ3n) is 3.00. The number of benzene rings is 1. The minimum Gasteiger partial charge on any atom is -0.481 e. The summed E-state index contributed by atoms with van der Waals surface area (Å²) in [5.41, 5.74) is -0.107. The summed E-state index contributed by atoms with van der Waals surface area (Å²) >= 11 is 5.65. The minimum absolute atomic E-state index is 0.0187. The van der Waals surface area contributed by atoms with Crippen LogP contribution in [0.4, 0.5) is 4.39 Å². The van der Waals surface area contributed by atoms with Gasteiger partial charge in [-0.3, -0.25) is 9.59 Å². The van der Waals surface area contributed by atoms with Gasteiger partial charge in [0.25, 0.3) is 5.91 Å². The number of amides is 1. The number of halogens is 2. The molecule has 0 saturated heterocycles. The van der Waals surface area contributed by atoms with Crippen molar-refractivity contribution >= 4 is 23.5 Å². The maximum atomic E-state index is 13.8. The molecule has 0 heterocycles. The van der Waals surface area contributed by atoms with Crippen molar-refractivity contribution in [1.82, 2.24) is 4.90 Å². The molecule has 2 rings (SSSR count). The van der Waals surface area contributed by atoms with Gasteiger partial charge in [-0.2, -0.15) is 0 Å². The molecule has 0 unspecified atom stereocenters. The van der Waals surface area contributed by atoms with E-state index in [2.05, 4.69) is 0 Å². The Morgan fingerprint density at radius 1 is 1.42 bits per heavy atom. The first kappa shape index (κ1) is 13.8. The fourth-order valence-corrected chi connectivity index (χ4v) is 2.05. The van der Waals surface area contributed by atoms with Crippen LogP contribution in [0.1, 0.15) is 29.6 Å². The molecular weight excluding hydrogens is 273 g/mol. The predicted octanol–water partition coefficient (Wildman–Crippen LogP) is 2.56. The molecule has 0 aliphatic heterocycles. The topological polar surface area (TPSA) is 57.6 Å². The van der Waals surface area contributed by atoms with Gasteiger partial charge in [0, 0.05) is 12.6 Å². The van der Waals surface area contributed by atoms with Crippen molar-refractivity contribution in [2.45, 2.75) is 25.3 Å². The zero-order chi connectivity index (χ0) is 14.0. The number of rotatable bonds is 5. The molecule has 0 aromatic heterocycles. The minimum atomic E-state index is -0.981. The summed E-state index contributed by atoms with van der Waals surface area (Å²) in [6.45, 7) is 0.0881. The molecule has 0 radical (unpaired) electrons. The third kappa shape index (κ3) is 3.23. The Morgan fingerprint density at radius 3 is 2.68 bits per heavy atom. The van der Waals surface area contributed by atoms with Crippen molar-refractivity contribution in [3.05, 3.63) is 34.6 Å². The first-order chi connectivity index (χ1) is 9.00. The molecule has 1 amide bonds. The fourth-order valence-electron chi connectivity index (χ4n) is 1.88. The smallest absolute Gasteiger partial charge is 0.305 e. The molecule has 1 saturated carbocycles. The number of nitrogens with zero attached hydrogens (tertiary/aromatic N) is 1. The Balaban J connectivity index is 2.19. The zero-order valence-corrected chi connectivity index (χ0v) is 10.9. The number of carbonyl (C=O) groups is 2. The van der Waals surface area contributed by atoms with Gasteiger partial charge in [-0.05, 0) is 25.0 Å². The highest BCUT2D eigenvalue weighted by Gasteiger charge is 2.34. The van der Waals surface area contributed by atoms with Crippen LogP contribution in [0.5, 0.6) is 0 Å². The van der Waals surface area contributed by atoms with Crippen LogP contribution in [0, 0.1) is 5.82 Å². The van der Waals surface area contributed by atoms with Crippen LogP contribution in [0.3, 0.4) is 0 Å². The van der Waals surface area contributed by atoms with Gasteiger partial charge in [0.05, 0.1) is 17.0 Å². The number of aliphatic carboxylic acids is 1. The Labute approximate surface area is 114 Å². The SMILES string of the molecule is O=C(O)CCN(C(=O)c1cccc(Cl)c1F)C1CC1. The first-order valence-corrected chi connectivity index (χ1v) is 6.35. The number of carboxylic acids is 1. The lowest BCUT2D eigenvalue weighted by molar-refractivity contribution is -0.137. The highest BCUT2D eigenvalue weighted by molar-refractivity contribution is 6.31. The van der Waals surface area contributed by atoms with E-state index in [0.29, 0.717) is 0 Å². The van der Waals surface area contributed by atoms with Crippen molar-refractivity contribution < 1.29 is 19.1 Å². The van der Waals surface area contributed by atoms with Crippen molar-refractivity contribution in [3.8, 4) is 0 Å². The lowest BCUT2D eigenvalue weighted by Crippen LogP contribution is -2.35. The van der Waals surface area contributed by atoms with Crippen molar-refractivity contribution in [1.29, 1.82) is 0 Å². The van der Waals surface area contributed by atoms with E-state index in [1.165, 1.54) is 23.1 Å². The van der Waals surface area contributed by atoms with Crippen molar-refractivity contribution in [3.63, 3.8) is 0 Å². The second-order valence-electron chi connectivity index (χ2n) is 4.47. The normalized spacial score (nSPS) is 14.2. The van der Waals surface area contributed by atoms with Crippen LogP contribution in [-0.4, -0.2) is 34.5 Å². The van der Waals surface area contributed by atoms with E-state index in [1.807, 2.05) is 0 Å². The molecule has 1 aromatic rings. The lowest BCUT2D eigenvalue weighted by Gasteiger charge is -2.22. The molecule has 1 fully saturated rings. The second kappa shape index (κ2) is 5.57. The summed E-state index contributed by atoms with van der Waals surface area (Å²) in [5, 5.41) is 8.57. The van der Waals surface area contributed by atoms with Crippen LogP contribution in [-0.2, 0) is 4.79 Å². The van der Waals surface area contributed by atoms with Crippen molar-refractivity contribution in [2.75, 3.05) is 6.54 Å². The van der Waals surface area contributed by atoms with Crippen LogP contribution in [0.25, 0.3) is 0 Å². The van der Waals surface area contributed by atoms with Gasteiger partial charge in [0.15, 0.2) is 5.82 Å². The van der Waals surface area contributed by atoms with E-state index in [-0.39, 0.29) is 29.6 Å². The summed E-state index contributed by atoms with van der Waals surface area (Å²) in [6.07, 6.45) is 1.51. The van der Waals surface area contributed by atoms with E-state index < -0.39 is 17.7 Å². The van der Waals surface area contributed by atoms with Crippen LogP contribution in [0.15, 0.2) is 18.2 Å². The van der Waals surface area contributed by atoms with Gasteiger partial charge in [-0.15, -0.1) is 0 Å². The van der Waals surface area contributed by atoms with E-state index in [4.69, 9.17) is 16.7 Å². The summed E-state index contributed by atoms with van der Waals surface area (Å²) in [7, 11) is 0. The van der Waals surface area contributed by atoms with Crippen LogP contribution < -0.4 is 0 Å². The Kier molecular flexibility index (Phi) is 4.04. The summed E-state index contributed by atoms with van der Waals surface area (Å²) in [4.78, 5) is 24.3. The molecular formula is C13H13ClFNO3. The van der Waals surface area contributed by atoms with Gasteiger partial charge < -0.3 is 10.0 Å². The van der Waals surface area contributed by atoms with Gasteiger partial charge in [-0.25, -0.2) is 4.39 Å². The van der Waals surface area contributed by atoms with Gasteiger partial charge in [0.2, 0.25) is 0 Å². The number of hydrogen-bond acceptors (Lipinski definition) is 2. The molecule has 19 heavy (non-hydrogen) atoms. The molecule has 0 bridgehead atoms. The van der Waals surface area contributed by atoms with Crippen LogP contribution >= 0.6 is 11.6 Å². The molecule has 0 atom stereocenters. The highest BCUT2D eigenvalue weighted by atomic mass is 35.5. The summed E-state index contributed by atoms with van der Waals surface area (Å²) < 4.78 is 13.8. The fraction of sp³-hybridized carbons (Fsp3) is 0.385. The summed E-state index contributed by atoms with van der Waals surface area (Å²) in [5.74, 6) is -2.23. The maximum absolute atomic E-state index is 13.8. The lowest BCUT2D eigenvalue weighted by atomic mass is 10.1.